The summed E-state index contributed by atoms with van der Waals surface area (Å²) >= 11 is 4.63. The standard InChI is InChI=1S/C14H12BrNO3S/c1-19-14(18)10-7-8-20-13(10)16-12(17)11(15)9-5-3-2-4-6-9/h2-8,11H,1H3,(H,16,17). The summed E-state index contributed by atoms with van der Waals surface area (Å²) in [6.45, 7) is 0. The molecule has 1 heterocycles. The fraction of sp³-hybridized carbons (Fsp3) is 0.143. The summed E-state index contributed by atoms with van der Waals surface area (Å²) in [6, 6.07) is 10.9. The number of methoxy groups -OCH3 is 1. The largest absolute Gasteiger partial charge is 0.465 e. The van der Waals surface area contributed by atoms with Crippen molar-refractivity contribution in [2.45, 2.75) is 4.83 Å². The third kappa shape index (κ3) is 3.26. The minimum absolute atomic E-state index is 0.233. The Kier molecular flexibility index (Phi) is 4.92. The van der Waals surface area contributed by atoms with Crippen molar-refractivity contribution in [3.8, 4) is 0 Å². The maximum atomic E-state index is 12.2. The fourth-order valence-electron chi connectivity index (χ4n) is 1.63. The number of amides is 1. The van der Waals surface area contributed by atoms with E-state index >= 15 is 0 Å². The number of halogens is 1. The lowest BCUT2D eigenvalue weighted by Crippen LogP contribution is -2.18. The van der Waals surface area contributed by atoms with E-state index < -0.39 is 10.8 Å². The van der Waals surface area contributed by atoms with E-state index in [2.05, 4.69) is 26.0 Å². The highest BCUT2D eigenvalue weighted by molar-refractivity contribution is 9.09. The number of carbonyl (C=O) groups is 2. The number of anilines is 1. The van der Waals surface area contributed by atoms with Gasteiger partial charge >= 0.3 is 5.97 Å². The predicted molar refractivity (Wildman–Crippen MR) is 82.4 cm³/mol. The molecule has 0 aliphatic carbocycles. The molecule has 2 rings (SSSR count). The summed E-state index contributed by atoms with van der Waals surface area (Å²) in [5.74, 6) is -0.698. The van der Waals surface area contributed by atoms with Crippen molar-refractivity contribution in [3.05, 3.63) is 52.9 Å². The number of esters is 1. The zero-order valence-electron chi connectivity index (χ0n) is 10.6. The Balaban J connectivity index is 2.13. The van der Waals surface area contributed by atoms with Crippen molar-refractivity contribution in [2.24, 2.45) is 0 Å². The molecule has 0 aliphatic heterocycles. The van der Waals surface area contributed by atoms with Crippen molar-refractivity contribution in [2.75, 3.05) is 12.4 Å². The SMILES string of the molecule is COC(=O)c1ccsc1NC(=O)C(Br)c1ccccc1. The van der Waals surface area contributed by atoms with Crippen molar-refractivity contribution < 1.29 is 14.3 Å². The summed E-state index contributed by atoms with van der Waals surface area (Å²) < 4.78 is 4.67. The lowest BCUT2D eigenvalue weighted by Gasteiger charge is -2.10. The molecule has 1 aromatic heterocycles. The van der Waals surface area contributed by atoms with Gasteiger partial charge in [-0.3, -0.25) is 4.79 Å². The van der Waals surface area contributed by atoms with Gasteiger partial charge in [-0.2, -0.15) is 0 Å². The molecule has 0 saturated carbocycles. The molecule has 1 N–H and O–H groups in total. The molecule has 2 aromatic rings. The number of hydrogen-bond donors (Lipinski definition) is 1. The molecule has 4 nitrogen and oxygen atoms in total. The molecule has 0 radical (unpaired) electrons. The molecule has 1 amide bonds. The Bertz CT molecular complexity index is 612. The molecular weight excluding hydrogens is 342 g/mol. The molecule has 0 bridgehead atoms. The van der Waals surface area contributed by atoms with Crippen LogP contribution in [0, 0.1) is 0 Å². The molecule has 0 fully saturated rings. The number of thiophene rings is 1. The first-order valence-corrected chi connectivity index (χ1v) is 7.58. The number of hydrogen-bond acceptors (Lipinski definition) is 4. The normalized spacial score (nSPS) is 11.7. The van der Waals surface area contributed by atoms with Gasteiger partial charge in [0.05, 0.1) is 12.7 Å². The summed E-state index contributed by atoms with van der Waals surface area (Å²) in [6.07, 6.45) is 0. The quantitative estimate of drug-likeness (QED) is 0.674. The van der Waals surface area contributed by atoms with E-state index in [0.29, 0.717) is 10.6 Å². The third-order valence-corrected chi connectivity index (χ3v) is 4.40. The fourth-order valence-corrected chi connectivity index (χ4v) is 2.82. The molecule has 0 spiro atoms. The molecule has 6 heteroatoms. The number of nitrogens with one attached hydrogen (secondary N) is 1. The number of ether oxygens (including phenoxy) is 1. The molecule has 20 heavy (non-hydrogen) atoms. The van der Waals surface area contributed by atoms with Crippen LogP contribution in [0.2, 0.25) is 0 Å². The molecule has 0 saturated heterocycles. The number of carbonyl (C=O) groups excluding carboxylic acids is 2. The van der Waals surface area contributed by atoms with Crippen LogP contribution >= 0.6 is 27.3 Å². The van der Waals surface area contributed by atoms with E-state index in [-0.39, 0.29) is 5.91 Å². The van der Waals surface area contributed by atoms with Gasteiger partial charge in [0.15, 0.2) is 0 Å². The maximum Gasteiger partial charge on any atom is 0.340 e. The van der Waals surface area contributed by atoms with Crippen LogP contribution in [0.5, 0.6) is 0 Å². The topological polar surface area (TPSA) is 55.4 Å². The van der Waals surface area contributed by atoms with Gasteiger partial charge in [-0.1, -0.05) is 46.3 Å². The van der Waals surface area contributed by atoms with Crippen LogP contribution < -0.4 is 5.32 Å². The van der Waals surface area contributed by atoms with Crippen molar-refractivity contribution in [3.63, 3.8) is 0 Å². The molecule has 104 valence electrons. The number of benzene rings is 1. The average molecular weight is 354 g/mol. The second-order valence-corrected chi connectivity index (χ2v) is 5.75. The Morgan fingerprint density at radius 2 is 1.95 bits per heavy atom. The lowest BCUT2D eigenvalue weighted by atomic mass is 10.1. The minimum Gasteiger partial charge on any atom is -0.465 e. The van der Waals surface area contributed by atoms with Gasteiger partial charge in [-0.15, -0.1) is 11.3 Å². The van der Waals surface area contributed by atoms with Crippen LogP contribution in [0.1, 0.15) is 20.7 Å². The van der Waals surface area contributed by atoms with Crippen molar-refractivity contribution in [1.82, 2.24) is 0 Å². The minimum atomic E-state index is -0.476. The van der Waals surface area contributed by atoms with Crippen molar-refractivity contribution >= 4 is 44.1 Å². The highest BCUT2D eigenvalue weighted by Crippen LogP contribution is 2.28. The Labute approximate surface area is 128 Å². The first-order valence-electron chi connectivity index (χ1n) is 5.79. The van der Waals surface area contributed by atoms with E-state index in [1.54, 1.807) is 11.4 Å². The van der Waals surface area contributed by atoms with E-state index in [4.69, 9.17) is 0 Å². The molecule has 1 unspecified atom stereocenters. The molecule has 1 aromatic carbocycles. The van der Waals surface area contributed by atoms with Gasteiger partial charge in [0.25, 0.3) is 0 Å². The zero-order valence-corrected chi connectivity index (χ0v) is 13.0. The van der Waals surface area contributed by atoms with Crippen LogP contribution in [0.25, 0.3) is 0 Å². The van der Waals surface area contributed by atoms with Crippen LogP contribution in [0.15, 0.2) is 41.8 Å². The maximum absolute atomic E-state index is 12.2. The lowest BCUT2D eigenvalue weighted by molar-refractivity contribution is -0.115. The number of alkyl halides is 1. The third-order valence-electron chi connectivity index (χ3n) is 2.63. The van der Waals surface area contributed by atoms with Gasteiger partial charge in [0.1, 0.15) is 9.83 Å². The van der Waals surface area contributed by atoms with E-state index in [1.165, 1.54) is 18.4 Å². The zero-order chi connectivity index (χ0) is 14.5. The first-order chi connectivity index (χ1) is 9.63. The molecule has 0 aliphatic rings. The summed E-state index contributed by atoms with van der Waals surface area (Å²) in [5, 5.41) is 4.95. The monoisotopic (exact) mass is 353 g/mol. The van der Waals surface area contributed by atoms with E-state index in [1.807, 2.05) is 30.3 Å². The molecule has 1 atom stereocenters. The van der Waals surface area contributed by atoms with E-state index in [0.717, 1.165) is 5.56 Å². The number of rotatable bonds is 4. The Hall–Kier alpha value is -1.66. The van der Waals surface area contributed by atoms with Gasteiger partial charge in [-0.25, -0.2) is 4.79 Å². The summed E-state index contributed by atoms with van der Waals surface area (Å²) in [7, 11) is 1.31. The summed E-state index contributed by atoms with van der Waals surface area (Å²) in [5.41, 5.74) is 1.21. The Morgan fingerprint density at radius 1 is 1.25 bits per heavy atom. The smallest absolute Gasteiger partial charge is 0.340 e. The van der Waals surface area contributed by atoms with Crippen molar-refractivity contribution in [1.29, 1.82) is 0 Å². The predicted octanol–water partition coefficient (Wildman–Crippen LogP) is 3.61. The van der Waals surface area contributed by atoms with E-state index in [9.17, 15) is 9.59 Å². The Morgan fingerprint density at radius 3 is 2.60 bits per heavy atom. The van der Waals surface area contributed by atoms with Crippen LogP contribution in [-0.4, -0.2) is 19.0 Å². The highest BCUT2D eigenvalue weighted by Gasteiger charge is 2.20. The first kappa shape index (κ1) is 14.7. The second kappa shape index (κ2) is 6.67. The van der Waals surface area contributed by atoms with Gasteiger partial charge in [0, 0.05) is 0 Å². The molecular formula is C14H12BrNO3S. The van der Waals surface area contributed by atoms with Crippen LogP contribution in [-0.2, 0) is 9.53 Å². The average Bonchev–Trinajstić information content (AvgIpc) is 2.94. The summed E-state index contributed by atoms with van der Waals surface area (Å²) in [4.78, 5) is 23.2. The van der Waals surface area contributed by atoms with Crippen LogP contribution in [0.4, 0.5) is 5.00 Å². The van der Waals surface area contributed by atoms with Gasteiger partial charge in [0.2, 0.25) is 5.91 Å². The van der Waals surface area contributed by atoms with Gasteiger partial charge < -0.3 is 10.1 Å². The second-order valence-electron chi connectivity index (χ2n) is 3.92. The van der Waals surface area contributed by atoms with Crippen LogP contribution in [0.3, 0.4) is 0 Å². The highest BCUT2D eigenvalue weighted by atomic mass is 79.9. The van der Waals surface area contributed by atoms with Gasteiger partial charge in [-0.05, 0) is 17.0 Å².